The number of hydrogen-bond donors (Lipinski definition) is 0. The third-order valence-corrected chi connectivity index (χ3v) is 19.7. The summed E-state index contributed by atoms with van der Waals surface area (Å²) in [5, 5.41) is 7.70. The Bertz CT molecular complexity index is 4540. The summed E-state index contributed by atoms with van der Waals surface area (Å²) in [6, 6.07) is 103. The van der Waals surface area contributed by atoms with Gasteiger partial charge in [-0.05, 0) is 165 Å². The van der Waals surface area contributed by atoms with Gasteiger partial charge in [0, 0.05) is 36.5 Å². The van der Waals surface area contributed by atoms with E-state index in [0.717, 1.165) is 17.1 Å². The van der Waals surface area contributed by atoms with Gasteiger partial charge in [-0.25, -0.2) is 0 Å². The number of fused-ring (bicyclic) bond motifs is 24. The molecule has 0 unspecified atom stereocenters. The van der Waals surface area contributed by atoms with E-state index in [1.165, 1.54) is 130 Å². The molecule has 0 amide bonds. The summed E-state index contributed by atoms with van der Waals surface area (Å²) in [4.78, 5) is 7.78. The van der Waals surface area contributed by atoms with Gasteiger partial charge in [0.2, 0.25) is 0 Å². The fraction of sp³-hybridized carbons (Fsp3) is 0.0270. The van der Waals surface area contributed by atoms with E-state index in [-0.39, 0.29) is 0 Å². The molecule has 2 heterocycles. The zero-order valence-corrected chi connectivity index (χ0v) is 43.4. The van der Waals surface area contributed by atoms with E-state index in [4.69, 9.17) is 0 Å². The molecule has 4 aliphatic rings. The third-order valence-electron chi connectivity index (χ3n) is 17.4. The van der Waals surface area contributed by atoms with Crippen LogP contribution in [-0.2, 0) is 10.8 Å². The summed E-state index contributed by atoms with van der Waals surface area (Å²) in [5.41, 5.74) is 20.4. The number of anilines is 3. The van der Waals surface area contributed by atoms with Crippen LogP contribution in [0.25, 0.3) is 65.7 Å². The molecule has 2 aliphatic heterocycles. The van der Waals surface area contributed by atoms with Crippen LogP contribution in [0.5, 0.6) is 0 Å². The van der Waals surface area contributed by atoms with E-state index in [2.05, 4.69) is 278 Å². The lowest BCUT2D eigenvalue weighted by molar-refractivity contribution is 0.722. The smallest absolute Gasteiger partial charge is 0.0736 e. The van der Waals surface area contributed by atoms with Crippen molar-refractivity contribution in [3.8, 4) is 33.4 Å². The molecular weight excluding hydrogens is 967 g/mol. The zero-order chi connectivity index (χ0) is 50.4. The molecule has 0 aromatic heterocycles. The van der Waals surface area contributed by atoms with Gasteiger partial charge in [-0.3, -0.25) is 0 Å². The lowest BCUT2D eigenvalue weighted by Gasteiger charge is -2.40. The van der Waals surface area contributed by atoms with Crippen LogP contribution in [0.1, 0.15) is 44.5 Å². The van der Waals surface area contributed by atoms with Crippen LogP contribution >= 0.6 is 23.5 Å². The fourth-order valence-electron chi connectivity index (χ4n) is 14.4. The molecule has 0 N–H and O–H groups in total. The summed E-state index contributed by atoms with van der Waals surface area (Å²) >= 11 is 3.79. The molecule has 358 valence electrons. The second kappa shape index (κ2) is 16.3. The molecule has 77 heavy (non-hydrogen) atoms. The molecule has 2 spiro atoms. The van der Waals surface area contributed by atoms with Crippen molar-refractivity contribution in [2.45, 2.75) is 30.4 Å². The van der Waals surface area contributed by atoms with Crippen LogP contribution in [0.2, 0.25) is 0 Å². The van der Waals surface area contributed by atoms with Gasteiger partial charge in [-0.15, -0.1) is 0 Å². The summed E-state index contributed by atoms with van der Waals surface area (Å²) in [6.45, 7) is 0. The van der Waals surface area contributed by atoms with Gasteiger partial charge >= 0.3 is 0 Å². The summed E-state index contributed by atoms with van der Waals surface area (Å²) in [7, 11) is 0. The normalized spacial score (nSPS) is 14.3. The average molecular weight is 1010 g/mol. The van der Waals surface area contributed by atoms with Crippen molar-refractivity contribution >= 4 is 72.9 Å². The van der Waals surface area contributed by atoms with Crippen molar-refractivity contribution in [1.82, 2.24) is 0 Å². The SMILES string of the molecule is c1ccc2c(c1)Sc1ccccc1C21c2ccccc2-c2ccc(N(c3ccc(-c4ccc5c6ccccc6c6ccccc6c5c4)cc3)c3cccc4c3-c3ccccc3C43c4ccccc4Sc4ccccc43)cc21. The van der Waals surface area contributed by atoms with Crippen LogP contribution < -0.4 is 4.90 Å². The van der Waals surface area contributed by atoms with Crippen molar-refractivity contribution in [1.29, 1.82) is 0 Å². The van der Waals surface area contributed by atoms with Crippen LogP contribution in [0.3, 0.4) is 0 Å². The molecule has 2 aliphatic carbocycles. The maximum absolute atomic E-state index is 2.57. The third kappa shape index (κ3) is 5.83. The number of hydrogen-bond acceptors (Lipinski definition) is 3. The van der Waals surface area contributed by atoms with E-state index in [1.807, 2.05) is 23.5 Å². The Kier molecular flexibility index (Phi) is 9.20. The first-order valence-corrected chi connectivity index (χ1v) is 28.3. The van der Waals surface area contributed by atoms with Crippen LogP contribution in [0.15, 0.2) is 293 Å². The Morgan fingerprint density at radius 2 is 0.649 bits per heavy atom. The van der Waals surface area contributed by atoms with Gasteiger partial charge in [0.1, 0.15) is 0 Å². The van der Waals surface area contributed by atoms with Gasteiger partial charge in [0.15, 0.2) is 0 Å². The number of benzene rings is 13. The summed E-state index contributed by atoms with van der Waals surface area (Å²) < 4.78 is 0. The Hall–Kier alpha value is -8.86. The minimum absolute atomic E-state index is 0.516. The lowest BCUT2D eigenvalue weighted by atomic mass is 9.67. The highest BCUT2D eigenvalue weighted by Gasteiger charge is 2.53. The first-order chi connectivity index (χ1) is 38.2. The minimum atomic E-state index is -0.524. The van der Waals surface area contributed by atoms with Gasteiger partial charge in [0.05, 0.1) is 16.5 Å². The van der Waals surface area contributed by atoms with E-state index >= 15 is 0 Å². The van der Waals surface area contributed by atoms with Gasteiger partial charge in [-0.1, -0.05) is 236 Å². The lowest BCUT2D eigenvalue weighted by Crippen LogP contribution is -2.32. The van der Waals surface area contributed by atoms with Crippen molar-refractivity contribution in [3.63, 3.8) is 0 Å². The first kappa shape index (κ1) is 43.4. The molecule has 0 bridgehead atoms. The molecule has 0 fully saturated rings. The molecule has 13 aromatic carbocycles. The van der Waals surface area contributed by atoms with E-state index in [9.17, 15) is 0 Å². The van der Waals surface area contributed by atoms with Crippen molar-refractivity contribution in [3.05, 3.63) is 317 Å². The highest BCUT2D eigenvalue weighted by Crippen LogP contribution is 2.66. The quantitative estimate of drug-likeness (QED) is 0.162. The van der Waals surface area contributed by atoms with Crippen molar-refractivity contribution < 1.29 is 0 Å². The first-order valence-electron chi connectivity index (χ1n) is 26.6. The maximum atomic E-state index is 2.57. The Morgan fingerprint density at radius 3 is 1.22 bits per heavy atom. The minimum Gasteiger partial charge on any atom is -0.310 e. The van der Waals surface area contributed by atoms with Crippen LogP contribution in [-0.4, -0.2) is 0 Å². The molecule has 1 nitrogen and oxygen atoms in total. The van der Waals surface area contributed by atoms with Gasteiger partial charge < -0.3 is 4.90 Å². The second-order valence-corrected chi connectivity index (χ2v) is 23.1. The monoisotopic (exact) mass is 1010 g/mol. The average Bonchev–Trinajstić information content (AvgIpc) is 4.16. The van der Waals surface area contributed by atoms with Crippen molar-refractivity contribution in [2.75, 3.05) is 4.90 Å². The fourth-order valence-corrected chi connectivity index (χ4v) is 16.8. The number of rotatable bonds is 4. The standard InChI is InChI=1S/C74H45NS2/c1-2-20-52-50(18-1)51-19-3-4-21-53(51)58-44-47(38-42-54(52)58)46-36-39-48(40-37-46)75(49-41-43-56-55-22-5-7-24-59(55)74(66(56)45-49)63-28-11-15-34-70(63)77-71-35-16-12-29-64(71)74)67-31-17-30-65-72(67)57-23-6-8-25-60(57)73(65)61-26-9-13-32-68(61)76-69-33-14-10-27-62(69)73/h1-45H. The van der Waals surface area contributed by atoms with E-state index < -0.39 is 10.8 Å². The molecule has 13 aromatic rings. The summed E-state index contributed by atoms with van der Waals surface area (Å²) in [6.07, 6.45) is 0. The Balaban J connectivity index is 0.922. The molecule has 0 saturated carbocycles. The predicted octanol–water partition coefficient (Wildman–Crippen LogP) is 19.9. The second-order valence-electron chi connectivity index (χ2n) is 20.9. The number of nitrogens with zero attached hydrogens (tertiary/aromatic N) is 1. The molecular formula is C74H45NS2. The van der Waals surface area contributed by atoms with E-state index in [1.54, 1.807) is 0 Å². The molecule has 0 saturated heterocycles. The van der Waals surface area contributed by atoms with Gasteiger partial charge in [0.25, 0.3) is 0 Å². The largest absolute Gasteiger partial charge is 0.310 e. The van der Waals surface area contributed by atoms with Gasteiger partial charge in [-0.2, -0.15) is 0 Å². The highest BCUT2D eigenvalue weighted by atomic mass is 32.2. The van der Waals surface area contributed by atoms with Crippen LogP contribution in [0, 0.1) is 0 Å². The van der Waals surface area contributed by atoms with E-state index in [0.29, 0.717) is 0 Å². The maximum Gasteiger partial charge on any atom is 0.0736 e. The van der Waals surface area contributed by atoms with Crippen LogP contribution in [0.4, 0.5) is 17.1 Å². The Morgan fingerprint density at radius 1 is 0.247 bits per heavy atom. The topological polar surface area (TPSA) is 3.24 Å². The Labute approximate surface area is 456 Å². The predicted molar refractivity (Wildman–Crippen MR) is 322 cm³/mol. The van der Waals surface area contributed by atoms with Crippen molar-refractivity contribution in [2.24, 2.45) is 0 Å². The molecule has 0 atom stereocenters. The molecule has 3 heteroatoms. The summed E-state index contributed by atoms with van der Waals surface area (Å²) in [5.74, 6) is 0. The molecule has 17 rings (SSSR count). The molecule has 0 radical (unpaired) electrons. The zero-order valence-electron chi connectivity index (χ0n) is 41.7. The highest BCUT2D eigenvalue weighted by molar-refractivity contribution is 7.99.